The summed E-state index contributed by atoms with van der Waals surface area (Å²) in [5.41, 5.74) is 5.71. The molecule has 1 aliphatic heterocycles. The van der Waals surface area contributed by atoms with Crippen molar-refractivity contribution in [3.63, 3.8) is 0 Å². The molecular formula is C14H21ClN2O2S. The predicted octanol–water partition coefficient (Wildman–Crippen LogP) is 2.47. The summed E-state index contributed by atoms with van der Waals surface area (Å²) in [7, 11) is 0. The summed E-state index contributed by atoms with van der Waals surface area (Å²) in [5.74, 6) is 0.129. The van der Waals surface area contributed by atoms with Crippen LogP contribution in [0.25, 0.3) is 0 Å². The summed E-state index contributed by atoms with van der Waals surface area (Å²) in [6, 6.07) is 3.83. The number of piperidine rings is 1. The van der Waals surface area contributed by atoms with Crippen LogP contribution in [0.1, 0.15) is 41.8 Å². The van der Waals surface area contributed by atoms with Crippen molar-refractivity contribution >= 4 is 35.4 Å². The van der Waals surface area contributed by atoms with Crippen molar-refractivity contribution < 1.29 is 9.59 Å². The molecule has 0 saturated carbocycles. The monoisotopic (exact) mass is 316 g/mol. The van der Waals surface area contributed by atoms with Crippen LogP contribution in [0.15, 0.2) is 17.5 Å². The van der Waals surface area contributed by atoms with Gasteiger partial charge in [-0.3, -0.25) is 9.59 Å². The third-order valence-electron chi connectivity index (χ3n) is 3.58. The smallest absolute Gasteiger partial charge is 0.223 e. The van der Waals surface area contributed by atoms with Crippen molar-refractivity contribution in [2.75, 3.05) is 13.1 Å². The molecule has 1 atom stereocenters. The van der Waals surface area contributed by atoms with Gasteiger partial charge >= 0.3 is 0 Å². The Balaban J connectivity index is 0.00000200. The van der Waals surface area contributed by atoms with E-state index >= 15 is 0 Å². The molecule has 2 heterocycles. The average molecular weight is 317 g/mol. The highest BCUT2D eigenvalue weighted by Crippen LogP contribution is 2.18. The van der Waals surface area contributed by atoms with Crippen molar-refractivity contribution in [2.24, 2.45) is 5.73 Å². The molecule has 1 saturated heterocycles. The first-order valence-electron chi connectivity index (χ1n) is 6.78. The lowest BCUT2D eigenvalue weighted by molar-refractivity contribution is -0.134. The van der Waals surface area contributed by atoms with E-state index in [0.717, 1.165) is 30.7 Å². The van der Waals surface area contributed by atoms with Crippen molar-refractivity contribution in [3.8, 4) is 0 Å². The third-order valence-corrected chi connectivity index (χ3v) is 4.49. The zero-order valence-electron chi connectivity index (χ0n) is 11.4. The van der Waals surface area contributed by atoms with Gasteiger partial charge in [0.1, 0.15) is 0 Å². The molecule has 112 valence electrons. The number of rotatable bonds is 5. The highest BCUT2D eigenvalue weighted by atomic mass is 35.5. The molecule has 1 fully saturated rings. The Hall–Kier alpha value is -0.910. The number of thiophene rings is 1. The molecule has 4 nitrogen and oxygen atoms in total. The van der Waals surface area contributed by atoms with Gasteiger partial charge in [0.05, 0.1) is 4.88 Å². The van der Waals surface area contributed by atoms with E-state index in [1.807, 2.05) is 16.3 Å². The van der Waals surface area contributed by atoms with E-state index in [9.17, 15) is 9.59 Å². The molecule has 1 amide bonds. The van der Waals surface area contributed by atoms with Crippen LogP contribution < -0.4 is 5.73 Å². The lowest BCUT2D eigenvalue weighted by Gasteiger charge is -2.35. The number of carbonyl (C=O) groups is 2. The van der Waals surface area contributed by atoms with Crippen LogP contribution in [0.2, 0.25) is 0 Å². The summed E-state index contributed by atoms with van der Waals surface area (Å²) in [6.45, 7) is 1.30. The molecule has 0 bridgehead atoms. The van der Waals surface area contributed by atoms with Gasteiger partial charge in [-0.05, 0) is 30.7 Å². The number of carbonyl (C=O) groups excluding carboxylic acids is 2. The first-order valence-corrected chi connectivity index (χ1v) is 7.66. The van der Waals surface area contributed by atoms with Crippen LogP contribution in [-0.2, 0) is 4.79 Å². The Morgan fingerprint density at radius 1 is 1.35 bits per heavy atom. The summed E-state index contributed by atoms with van der Waals surface area (Å²) < 4.78 is 0. The molecule has 1 aromatic heterocycles. The second-order valence-electron chi connectivity index (χ2n) is 4.87. The largest absolute Gasteiger partial charge is 0.338 e. The second-order valence-corrected chi connectivity index (χ2v) is 5.82. The number of halogens is 1. The minimum Gasteiger partial charge on any atom is -0.338 e. The summed E-state index contributed by atoms with van der Waals surface area (Å²) in [6.07, 6.45) is 3.77. The summed E-state index contributed by atoms with van der Waals surface area (Å²) in [4.78, 5) is 26.6. The maximum Gasteiger partial charge on any atom is 0.223 e. The first-order chi connectivity index (χ1) is 9.22. The van der Waals surface area contributed by atoms with Gasteiger partial charge in [-0.1, -0.05) is 6.07 Å². The molecule has 1 aromatic rings. The second kappa shape index (κ2) is 8.39. The Kier molecular flexibility index (Phi) is 7.19. The van der Waals surface area contributed by atoms with Gasteiger partial charge in [-0.15, -0.1) is 23.7 Å². The molecule has 6 heteroatoms. The van der Waals surface area contributed by atoms with Gasteiger partial charge in [0.25, 0.3) is 0 Å². The summed E-state index contributed by atoms with van der Waals surface area (Å²) in [5, 5.41) is 1.88. The predicted molar refractivity (Wildman–Crippen MR) is 83.5 cm³/mol. The van der Waals surface area contributed by atoms with Gasteiger partial charge < -0.3 is 10.6 Å². The fourth-order valence-corrected chi connectivity index (χ4v) is 3.19. The first kappa shape index (κ1) is 17.1. The molecule has 0 spiro atoms. The van der Waals surface area contributed by atoms with Crippen molar-refractivity contribution in [1.82, 2.24) is 4.90 Å². The van der Waals surface area contributed by atoms with Crippen LogP contribution in [-0.4, -0.2) is 35.7 Å². The van der Waals surface area contributed by atoms with Crippen LogP contribution >= 0.6 is 23.7 Å². The van der Waals surface area contributed by atoms with Gasteiger partial charge in [-0.2, -0.15) is 0 Å². The fraction of sp³-hybridized carbons (Fsp3) is 0.571. The maximum atomic E-state index is 12.2. The quantitative estimate of drug-likeness (QED) is 0.849. The van der Waals surface area contributed by atoms with E-state index in [1.165, 1.54) is 11.3 Å². The Morgan fingerprint density at radius 2 is 2.15 bits per heavy atom. The maximum absolute atomic E-state index is 12.2. The molecule has 1 unspecified atom stereocenters. The summed E-state index contributed by atoms with van der Waals surface area (Å²) >= 11 is 1.43. The van der Waals surface area contributed by atoms with E-state index < -0.39 is 0 Å². The van der Waals surface area contributed by atoms with Crippen molar-refractivity contribution in [2.45, 2.75) is 38.1 Å². The number of nitrogens with zero attached hydrogens (tertiary/aromatic N) is 1. The number of hydrogen-bond acceptors (Lipinski definition) is 4. The molecule has 0 aromatic carbocycles. The topological polar surface area (TPSA) is 63.4 Å². The number of Topliss-reactive ketones (excluding diaryl/α,β-unsaturated/α-hetero) is 1. The minimum atomic E-state index is 0. The van der Waals surface area contributed by atoms with E-state index in [2.05, 4.69) is 0 Å². The van der Waals surface area contributed by atoms with Crippen molar-refractivity contribution in [1.29, 1.82) is 0 Å². The van der Waals surface area contributed by atoms with Gasteiger partial charge in [-0.25, -0.2) is 0 Å². The average Bonchev–Trinajstić information content (AvgIpc) is 2.98. The molecule has 2 N–H and O–H groups in total. The fourth-order valence-electron chi connectivity index (χ4n) is 2.50. The lowest BCUT2D eigenvalue weighted by Crippen LogP contribution is -2.47. The minimum absolute atomic E-state index is 0. The zero-order valence-corrected chi connectivity index (χ0v) is 13.0. The highest BCUT2D eigenvalue weighted by molar-refractivity contribution is 7.12. The number of ketones is 1. The molecule has 0 radical (unpaired) electrons. The molecule has 1 aliphatic rings. The zero-order chi connectivity index (χ0) is 13.7. The number of hydrogen-bond donors (Lipinski definition) is 1. The lowest BCUT2D eigenvalue weighted by atomic mass is 10.0. The number of nitrogens with two attached hydrogens (primary N) is 1. The SMILES string of the molecule is Cl.NCC1CCCCN1C(=O)CCC(=O)c1cccs1. The van der Waals surface area contributed by atoms with E-state index in [-0.39, 0.29) is 30.1 Å². The van der Waals surface area contributed by atoms with E-state index in [4.69, 9.17) is 5.73 Å². The Labute approximate surface area is 129 Å². The highest BCUT2D eigenvalue weighted by Gasteiger charge is 2.25. The number of likely N-dealkylation sites (tertiary alicyclic amines) is 1. The van der Waals surface area contributed by atoms with E-state index in [0.29, 0.717) is 19.4 Å². The van der Waals surface area contributed by atoms with Crippen LogP contribution in [0.5, 0.6) is 0 Å². The molecule has 2 rings (SSSR count). The Bertz CT molecular complexity index is 436. The van der Waals surface area contributed by atoms with Gasteiger partial charge in [0.15, 0.2) is 5.78 Å². The van der Waals surface area contributed by atoms with E-state index in [1.54, 1.807) is 6.07 Å². The van der Waals surface area contributed by atoms with Crippen molar-refractivity contribution in [3.05, 3.63) is 22.4 Å². The van der Waals surface area contributed by atoms with Crippen LogP contribution in [0, 0.1) is 0 Å². The molecular weight excluding hydrogens is 296 g/mol. The third kappa shape index (κ3) is 4.30. The standard InChI is InChI=1S/C14H20N2O2S.ClH/c15-10-11-4-1-2-8-16(11)14(18)7-6-12(17)13-5-3-9-19-13;/h3,5,9,11H,1-2,4,6-8,10,15H2;1H. The number of amides is 1. The van der Waals surface area contributed by atoms with Gasteiger partial charge in [0, 0.05) is 32.0 Å². The molecule has 20 heavy (non-hydrogen) atoms. The molecule has 0 aliphatic carbocycles. The van der Waals surface area contributed by atoms with Crippen LogP contribution in [0.4, 0.5) is 0 Å². The van der Waals surface area contributed by atoms with Gasteiger partial charge in [0.2, 0.25) is 5.91 Å². The normalized spacial score (nSPS) is 18.4. The van der Waals surface area contributed by atoms with Crippen LogP contribution in [0.3, 0.4) is 0 Å². The Morgan fingerprint density at radius 3 is 2.80 bits per heavy atom.